The molecule has 0 fully saturated rings. The van der Waals surface area contributed by atoms with Crippen LogP contribution in [0.15, 0.2) is 15.3 Å². The van der Waals surface area contributed by atoms with Crippen LogP contribution >= 0.6 is 27.5 Å². The van der Waals surface area contributed by atoms with Gasteiger partial charge < -0.3 is 0 Å². The molecular formula is C12H14BrClN4O. The molecule has 19 heavy (non-hydrogen) atoms. The third kappa shape index (κ3) is 2.74. The summed E-state index contributed by atoms with van der Waals surface area (Å²) < 4.78 is 4.38. The van der Waals surface area contributed by atoms with E-state index in [-0.39, 0.29) is 10.7 Å². The second-order valence-electron chi connectivity index (χ2n) is 4.21. The quantitative estimate of drug-likeness (QED) is 0.803. The first-order valence-electron chi connectivity index (χ1n) is 5.89. The first-order chi connectivity index (χ1) is 8.93. The Kier molecular flexibility index (Phi) is 4.10. The van der Waals surface area contributed by atoms with Crippen LogP contribution in [-0.4, -0.2) is 19.3 Å². The Balaban J connectivity index is 2.50. The van der Waals surface area contributed by atoms with Gasteiger partial charge in [-0.15, -0.1) is 0 Å². The molecule has 2 aromatic heterocycles. The zero-order valence-corrected chi connectivity index (χ0v) is 13.3. The molecule has 102 valence electrons. The number of aromatic nitrogens is 4. The maximum absolute atomic E-state index is 12.0. The highest BCUT2D eigenvalue weighted by Crippen LogP contribution is 2.21. The van der Waals surface area contributed by atoms with Crippen molar-refractivity contribution in [2.75, 3.05) is 0 Å². The molecular weight excluding hydrogens is 332 g/mol. The molecule has 0 aliphatic carbocycles. The van der Waals surface area contributed by atoms with E-state index in [0.717, 1.165) is 22.4 Å². The number of hydrogen-bond donors (Lipinski definition) is 0. The second kappa shape index (κ2) is 5.46. The molecule has 2 rings (SSSR count). The van der Waals surface area contributed by atoms with Crippen molar-refractivity contribution in [3.8, 4) is 0 Å². The summed E-state index contributed by atoms with van der Waals surface area (Å²) in [5, 5.41) is 4.63. The standard InChI is InChI=1S/C12H14BrClN4O/c1-4-18-9(12(13)7(2)16-18)6-17-8(3)15-10(14)5-11(17)19/h5H,4,6H2,1-3H3. The number of halogens is 2. The van der Waals surface area contributed by atoms with Gasteiger partial charge >= 0.3 is 0 Å². The minimum Gasteiger partial charge on any atom is -0.291 e. The van der Waals surface area contributed by atoms with Crippen molar-refractivity contribution < 1.29 is 0 Å². The van der Waals surface area contributed by atoms with Gasteiger partial charge in [0.1, 0.15) is 11.0 Å². The summed E-state index contributed by atoms with van der Waals surface area (Å²) in [6, 6.07) is 1.32. The van der Waals surface area contributed by atoms with Gasteiger partial charge in [0.05, 0.1) is 22.4 Å². The third-order valence-electron chi connectivity index (χ3n) is 2.93. The van der Waals surface area contributed by atoms with Gasteiger partial charge in [-0.05, 0) is 36.7 Å². The smallest absolute Gasteiger partial charge is 0.255 e. The fraction of sp³-hybridized carbons (Fsp3) is 0.417. The molecule has 0 spiro atoms. The first kappa shape index (κ1) is 14.3. The number of rotatable bonds is 3. The molecule has 0 radical (unpaired) electrons. The fourth-order valence-electron chi connectivity index (χ4n) is 1.95. The van der Waals surface area contributed by atoms with Crippen LogP contribution < -0.4 is 5.56 Å². The van der Waals surface area contributed by atoms with Crippen LogP contribution in [0.25, 0.3) is 0 Å². The van der Waals surface area contributed by atoms with Crippen LogP contribution in [0.4, 0.5) is 0 Å². The van der Waals surface area contributed by atoms with Crippen molar-refractivity contribution in [3.63, 3.8) is 0 Å². The van der Waals surface area contributed by atoms with Crippen LogP contribution in [0.3, 0.4) is 0 Å². The zero-order valence-electron chi connectivity index (χ0n) is 10.9. The molecule has 0 amide bonds. The van der Waals surface area contributed by atoms with Gasteiger partial charge in [-0.1, -0.05) is 11.6 Å². The minimum absolute atomic E-state index is 0.161. The van der Waals surface area contributed by atoms with E-state index >= 15 is 0 Å². The van der Waals surface area contributed by atoms with E-state index in [0.29, 0.717) is 12.4 Å². The summed E-state index contributed by atoms with van der Waals surface area (Å²) >= 11 is 9.29. The van der Waals surface area contributed by atoms with E-state index in [4.69, 9.17) is 11.6 Å². The van der Waals surface area contributed by atoms with Gasteiger partial charge in [0.25, 0.3) is 5.56 Å². The number of hydrogen-bond acceptors (Lipinski definition) is 3. The van der Waals surface area contributed by atoms with Crippen molar-refractivity contribution in [1.29, 1.82) is 0 Å². The average Bonchev–Trinajstić information content (AvgIpc) is 2.60. The van der Waals surface area contributed by atoms with Crippen LogP contribution in [0.1, 0.15) is 24.1 Å². The van der Waals surface area contributed by atoms with Gasteiger partial charge in [0.15, 0.2) is 0 Å². The Morgan fingerprint density at radius 1 is 1.42 bits per heavy atom. The summed E-state index contributed by atoms with van der Waals surface area (Å²) in [5.74, 6) is 0.589. The SMILES string of the molecule is CCn1nc(C)c(Br)c1Cn1c(C)nc(Cl)cc1=O. The molecule has 0 bridgehead atoms. The van der Waals surface area contributed by atoms with Gasteiger partial charge in [0, 0.05) is 12.6 Å². The van der Waals surface area contributed by atoms with E-state index in [1.807, 2.05) is 18.5 Å². The molecule has 0 saturated carbocycles. The van der Waals surface area contributed by atoms with Crippen molar-refractivity contribution in [2.24, 2.45) is 0 Å². The lowest BCUT2D eigenvalue weighted by Crippen LogP contribution is -2.24. The predicted octanol–water partition coefficient (Wildman–Crippen LogP) is 2.54. The lowest BCUT2D eigenvalue weighted by Gasteiger charge is -2.11. The molecule has 0 aromatic carbocycles. The van der Waals surface area contributed by atoms with Gasteiger partial charge in [-0.25, -0.2) is 4.98 Å². The Labute approximate surface area is 124 Å². The van der Waals surface area contributed by atoms with Crippen LogP contribution in [-0.2, 0) is 13.1 Å². The molecule has 2 heterocycles. The highest BCUT2D eigenvalue weighted by atomic mass is 79.9. The predicted molar refractivity (Wildman–Crippen MR) is 77.7 cm³/mol. The monoisotopic (exact) mass is 344 g/mol. The molecule has 0 N–H and O–H groups in total. The molecule has 0 atom stereocenters. The van der Waals surface area contributed by atoms with Gasteiger partial charge in [0.2, 0.25) is 0 Å². The fourth-order valence-corrected chi connectivity index (χ4v) is 2.57. The van der Waals surface area contributed by atoms with E-state index in [2.05, 4.69) is 26.0 Å². The topological polar surface area (TPSA) is 52.7 Å². The average molecular weight is 346 g/mol. The highest BCUT2D eigenvalue weighted by Gasteiger charge is 2.14. The summed E-state index contributed by atoms with van der Waals surface area (Å²) in [6.45, 7) is 6.87. The van der Waals surface area contributed by atoms with Crippen LogP contribution in [0.2, 0.25) is 5.15 Å². The molecule has 7 heteroatoms. The minimum atomic E-state index is -0.161. The van der Waals surface area contributed by atoms with Crippen molar-refractivity contribution in [3.05, 3.63) is 43.3 Å². The lowest BCUT2D eigenvalue weighted by molar-refractivity contribution is 0.580. The van der Waals surface area contributed by atoms with Crippen molar-refractivity contribution in [2.45, 2.75) is 33.9 Å². The normalized spacial score (nSPS) is 11.0. The van der Waals surface area contributed by atoms with Crippen LogP contribution in [0.5, 0.6) is 0 Å². The van der Waals surface area contributed by atoms with E-state index < -0.39 is 0 Å². The maximum atomic E-state index is 12.0. The number of nitrogens with zero attached hydrogens (tertiary/aromatic N) is 4. The molecule has 0 aliphatic heterocycles. The third-order valence-corrected chi connectivity index (χ3v) is 4.15. The summed E-state index contributed by atoms with van der Waals surface area (Å²) in [6.07, 6.45) is 0. The highest BCUT2D eigenvalue weighted by molar-refractivity contribution is 9.10. The second-order valence-corrected chi connectivity index (χ2v) is 5.39. The number of aryl methyl sites for hydroxylation is 3. The lowest BCUT2D eigenvalue weighted by atomic mass is 10.3. The Bertz CT molecular complexity index is 677. The van der Waals surface area contributed by atoms with E-state index in [1.54, 1.807) is 11.5 Å². The Morgan fingerprint density at radius 3 is 2.68 bits per heavy atom. The largest absolute Gasteiger partial charge is 0.291 e. The summed E-state index contributed by atoms with van der Waals surface area (Å²) in [7, 11) is 0. The Morgan fingerprint density at radius 2 is 2.11 bits per heavy atom. The Hall–Kier alpha value is -1.14. The van der Waals surface area contributed by atoms with E-state index in [9.17, 15) is 4.79 Å². The summed E-state index contributed by atoms with van der Waals surface area (Å²) in [4.78, 5) is 16.1. The van der Waals surface area contributed by atoms with Gasteiger partial charge in [-0.2, -0.15) is 5.10 Å². The van der Waals surface area contributed by atoms with Crippen LogP contribution in [0, 0.1) is 13.8 Å². The van der Waals surface area contributed by atoms with Gasteiger partial charge in [-0.3, -0.25) is 14.0 Å². The van der Waals surface area contributed by atoms with Crippen molar-refractivity contribution in [1.82, 2.24) is 19.3 Å². The molecule has 0 saturated heterocycles. The molecule has 2 aromatic rings. The van der Waals surface area contributed by atoms with Crippen molar-refractivity contribution >= 4 is 27.5 Å². The zero-order chi connectivity index (χ0) is 14.2. The first-order valence-corrected chi connectivity index (χ1v) is 7.07. The summed E-state index contributed by atoms with van der Waals surface area (Å²) in [5.41, 5.74) is 1.70. The molecule has 0 aliphatic rings. The van der Waals surface area contributed by atoms with E-state index in [1.165, 1.54) is 6.07 Å². The molecule has 5 nitrogen and oxygen atoms in total. The maximum Gasteiger partial charge on any atom is 0.255 e. The molecule has 0 unspecified atom stereocenters.